The number of halogens is 1. The summed E-state index contributed by atoms with van der Waals surface area (Å²) in [4.78, 5) is 29.4. The Bertz CT molecular complexity index is 789. The summed E-state index contributed by atoms with van der Waals surface area (Å²) in [5.74, 6) is 0.526. The Morgan fingerprint density at radius 3 is 2.91 bits per heavy atom. The highest BCUT2D eigenvalue weighted by Crippen LogP contribution is 2.26. The Labute approximate surface area is 140 Å². The summed E-state index contributed by atoms with van der Waals surface area (Å²) < 4.78 is 0. The van der Waals surface area contributed by atoms with E-state index in [2.05, 4.69) is 10.3 Å². The summed E-state index contributed by atoms with van der Waals surface area (Å²) in [6.07, 6.45) is 2.13. The molecule has 4 rings (SSSR count). The van der Waals surface area contributed by atoms with Gasteiger partial charge in [-0.3, -0.25) is 9.59 Å². The van der Waals surface area contributed by atoms with Gasteiger partial charge in [0, 0.05) is 36.1 Å². The number of aromatic nitrogens is 1. The van der Waals surface area contributed by atoms with Gasteiger partial charge in [-0.25, -0.2) is 0 Å². The zero-order valence-electron chi connectivity index (χ0n) is 12.7. The molecule has 2 unspecified atom stereocenters. The van der Waals surface area contributed by atoms with Crippen molar-refractivity contribution in [2.24, 2.45) is 5.92 Å². The topological polar surface area (TPSA) is 65.2 Å². The van der Waals surface area contributed by atoms with Gasteiger partial charge in [-0.1, -0.05) is 18.2 Å². The maximum Gasteiger partial charge on any atom is 0.254 e. The summed E-state index contributed by atoms with van der Waals surface area (Å²) in [6.45, 7) is 2.59. The average molecular weight is 334 g/mol. The van der Waals surface area contributed by atoms with E-state index < -0.39 is 0 Å². The third-order valence-corrected chi connectivity index (χ3v) is 4.92. The quantitative estimate of drug-likeness (QED) is 0.836. The summed E-state index contributed by atoms with van der Waals surface area (Å²) in [5.41, 5.74) is 1.01. The second-order valence-electron chi connectivity index (χ2n) is 6.24. The Kier molecular flexibility index (Phi) is 4.41. The van der Waals surface area contributed by atoms with Gasteiger partial charge in [-0.15, -0.1) is 12.4 Å². The minimum atomic E-state index is -0.223. The first-order valence-corrected chi connectivity index (χ1v) is 7.87. The van der Waals surface area contributed by atoms with Crippen molar-refractivity contribution in [3.63, 3.8) is 0 Å². The van der Waals surface area contributed by atoms with E-state index in [0.29, 0.717) is 17.5 Å². The minimum absolute atomic E-state index is 0. The van der Waals surface area contributed by atoms with Gasteiger partial charge >= 0.3 is 0 Å². The molecule has 2 aromatic rings. The Hall–Kier alpha value is -1.85. The van der Waals surface area contributed by atoms with Gasteiger partial charge < -0.3 is 15.2 Å². The molecular weight excluding hydrogens is 314 g/mol. The molecule has 2 saturated heterocycles. The summed E-state index contributed by atoms with van der Waals surface area (Å²) in [7, 11) is 0. The Morgan fingerprint density at radius 2 is 2.04 bits per heavy atom. The van der Waals surface area contributed by atoms with E-state index in [1.165, 1.54) is 6.07 Å². The first kappa shape index (κ1) is 16.0. The molecule has 2 N–H and O–H groups in total. The van der Waals surface area contributed by atoms with E-state index in [9.17, 15) is 9.59 Å². The number of H-pyrrole nitrogens is 1. The number of aromatic amines is 1. The highest BCUT2D eigenvalue weighted by Gasteiger charge is 2.34. The number of rotatable bonds is 1. The number of carbonyl (C=O) groups is 1. The van der Waals surface area contributed by atoms with Crippen LogP contribution in [0.4, 0.5) is 0 Å². The third-order valence-electron chi connectivity index (χ3n) is 4.92. The van der Waals surface area contributed by atoms with Crippen LogP contribution >= 0.6 is 12.4 Å². The van der Waals surface area contributed by atoms with Gasteiger partial charge in [0.1, 0.15) is 0 Å². The fraction of sp³-hybridized carbons (Fsp3) is 0.412. The number of para-hydroxylation sites is 1. The molecule has 1 amide bonds. The first-order chi connectivity index (χ1) is 10.7. The van der Waals surface area contributed by atoms with Crippen LogP contribution in [0.5, 0.6) is 0 Å². The number of fused-ring (bicyclic) bond motifs is 2. The average Bonchev–Trinajstić information content (AvgIpc) is 3.00. The SMILES string of the molecule is Cl.O=C(c1cc(=O)[nH]c2ccccc12)N1CCC2NCCC2C1. The highest BCUT2D eigenvalue weighted by molar-refractivity contribution is 6.06. The van der Waals surface area contributed by atoms with E-state index in [0.717, 1.165) is 43.4 Å². The standard InChI is InChI=1S/C17H19N3O2.ClH/c21-16-9-13(12-3-1-2-4-15(12)19-16)17(22)20-8-6-14-11(10-20)5-7-18-14;/h1-4,9,11,14,18H,5-8,10H2,(H,19,21);1H. The smallest absolute Gasteiger partial charge is 0.254 e. The van der Waals surface area contributed by atoms with Gasteiger partial charge in [-0.2, -0.15) is 0 Å². The number of hydrogen-bond acceptors (Lipinski definition) is 3. The van der Waals surface area contributed by atoms with Crippen LogP contribution in [0.1, 0.15) is 23.2 Å². The zero-order chi connectivity index (χ0) is 15.1. The molecule has 2 fully saturated rings. The third kappa shape index (κ3) is 2.86. The lowest BCUT2D eigenvalue weighted by Crippen LogP contribution is -2.47. The molecule has 0 radical (unpaired) electrons. The van der Waals surface area contributed by atoms with Gasteiger partial charge in [-0.05, 0) is 31.4 Å². The molecule has 2 aliphatic rings. The van der Waals surface area contributed by atoms with Crippen molar-refractivity contribution in [2.45, 2.75) is 18.9 Å². The van der Waals surface area contributed by atoms with Crippen LogP contribution in [0.15, 0.2) is 35.1 Å². The number of nitrogens with zero attached hydrogens (tertiary/aromatic N) is 1. The molecule has 2 aliphatic heterocycles. The molecule has 1 aromatic carbocycles. The van der Waals surface area contributed by atoms with Crippen LogP contribution in [-0.2, 0) is 0 Å². The van der Waals surface area contributed by atoms with Gasteiger partial charge in [0.2, 0.25) is 5.56 Å². The summed E-state index contributed by atoms with van der Waals surface area (Å²) in [6, 6.07) is 9.47. The fourth-order valence-electron chi connectivity index (χ4n) is 3.78. The lowest BCUT2D eigenvalue weighted by Gasteiger charge is -2.35. The number of benzene rings is 1. The summed E-state index contributed by atoms with van der Waals surface area (Å²) in [5, 5.41) is 4.32. The van der Waals surface area contributed by atoms with Crippen molar-refractivity contribution in [1.29, 1.82) is 0 Å². The van der Waals surface area contributed by atoms with Crippen molar-refractivity contribution in [2.75, 3.05) is 19.6 Å². The van der Waals surface area contributed by atoms with Gasteiger partial charge in [0.15, 0.2) is 0 Å². The minimum Gasteiger partial charge on any atom is -0.338 e. The van der Waals surface area contributed by atoms with Crippen LogP contribution in [0.2, 0.25) is 0 Å². The van der Waals surface area contributed by atoms with Crippen LogP contribution < -0.4 is 10.9 Å². The van der Waals surface area contributed by atoms with E-state index in [1.54, 1.807) is 0 Å². The van der Waals surface area contributed by atoms with Gasteiger partial charge in [0.25, 0.3) is 5.91 Å². The van der Waals surface area contributed by atoms with Crippen molar-refractivity contribution in [3.8, 4) is 0 Å². The van der Waals surface area contributed by atoms with Gasteiger partial charge in [0.05, 0.1) is 5.56 Å². The van der Waals surface area contributed by atoms with E-state index >= 15 is 0 Å². The molecule has 0 saturated carbocycles. The molecule has 0 bridgehead atoms. The first-order valence-electron chi connectivity index (χ1n) is 7.87. The Morgan fingerprint density at radius 1 is 1.22 bits per heavy atom. The fourth-order valence-corrected chi connectivity index (χ4v) is 3.78. The number of nitrogens with one attached hydrogen (secondary N) is 2. The van der Waals surface area contributed by atoms with Crippen molar-refractivity contribution < 1.29 is 4.79 Å². The Balaban J connectivity index is 0.00000156. The normalized spacial score (nSPS) is 23.4. The number of amides is 1. The van der Waals surface area contributed by atoms with Crippen LogP contribution in [0.3, 0.4) is 0 Å². The van der Waals surface area contributed by atoms with Crippen molar-refractivity contribution in [1.82, 2.24) is 15.2 Å². The van der Waals surface area contributed by atoms with E-state index in [-0.39, 0.29) is 23.9 Å². The van der Waals surface area contributed by atoms with E-state index in [1.807, 2.05) is 29.2 Å². The molecule has 3 heterocycles. The van der Waals surface area contributed by atoms with Crippen LogP contribution in [0, 0.1) is 5.92 Å². The van der Waals surface area contributed by atoms with Crippen molar-refractivity contribution in [3.05, 3.63) is 46.2 Å². The number of piperidine rings is 1. The largest absolute Gasteiger partial charge is 0.338 e. The lowest BCUT2D eigenvalue weighted by atomic mass is 9.92. The number of likely N-dealkylation sites (tertiary alicyclic amines) is 1. The molecule has 2 atom stereocenters. The molecule has 5 nitrogen and oxygen atoms in total. The number of pyridine rings is 1. The molecule has 6 heteroatoms. The number of carbonyl (C=O) groups excluding carboxylic acids is 1. The summed E-state index contributed by atoms with van der Waals surface area (Å²) >= 11 is 0. The molecule has 0 spiro atoms. The van der Waals surface area contributed by atoms with Crippen molar-refractivity contribution >= 4 is 29.2 Å². The molecule has 122 valence electrons. The maximum absolute atomic E-state index is 12.9. The highest BCUT2D eigenvalue weighted by atomic mass is 35.5. The maximum atomic E-state index is 12.9. The predicted molar refractivity (Wildman–Crippen MR) is 92.2 cm³/mol. The van der Waals surface area contributed by atoms with Crippen LogP contribution in [0.25, 0.3) is 10.9 Å². The molecule has 1 aromatic heterocycles. The predicted octanol–water partition coefficient (Wildman–Crippen LogP) is 1.77. The molecular formula is C17H20ClN3O2. The number of hydrogen-bond donors (Lipinski definition) is 2. The monoisotopic (exact) mass is 333 g/mol. The van der Waals surface area contributed by atoms with E-state index in [4.69, 9.17) is 0 Å². The second kappa shape index (κ2) is 6.34. The lowest BCUT2D eigenvalue weighted by molar-refractivity contribution is 0.0664. The zero-order valence-corrected chi connectivity index (χ0v) is 13.6. The molecule has 0 aliphatic carbocycles. The molecule has 23 heavy (non-hydrogen) atoms. The second-order valence-corrected chi connectivity index (χ2v) is 6.24. The van der Waals surface area contributed by atoms with Crippen LogP contribution in [-0.4, -0.2) is 41.5 Å².